The third-order valence-electron chi connectivity index (χ3n) is 3.70. The third-order valence-corrected chi connectivity index (χ3v) is 3.70. The molecule has 0 N–H and O–H groups in total. The Bertz CT molecular complexity index is 944. The summed E-state index contributed by atoms with van der Waals surface area (Å²) in [6, 6.07) is 13.9. The molecule has 0 amide bonds. The molecule has 4 rings (SSSR count). The summed E-state index contributed by atoms with van der Waals surface area (Å²) < 4.78 is 2.17. The number of hydrogen-bond acceptors (Lipinski definition) is 1. The Hall–Kier alpha value is -0.854. The average molecular weight is 397 g/mol. The quantitative estimate of drug-likeness (QED) is 0.185. The molecule has 0 bridgehead atoms. The Morgan fingerprint density at radius 1 is 1.14 bits per heavy atom. The van der Waals surface area contributed by atoms with Crippen LogP contribution in [0, 0.1) is 19.9 Å². The number of nitrogens with zero attached hydrogens (tertiary/aromatic N) is 2. The van der Waals surface area contributed by atoms with Gasteiger partial charge in [-0.3, -0.25) is 4.98 Å². The first-order valence-electron chi connectivity index (χ1n) is 6.42. The molecule has 0 saturated heterocycles. The molecule has 0 spiro atoms. The van der Waals surface area contributed by atoms with Crippen LogP contribution in [0.4, 0.5) is 0 Å². The van der Waals surface area contributed by atoms with Gasteiger partial charge in [0.2, 0.25) is 0 Å². The van der Waals surface area contributed by atoms with Gasteiger partial charge < -0.3 is 28.4 Å². The Labute approximate surface area is 156 Å². The maximum Gasteiger partial charge on any atom is 2.00 e. The largest absolute Gasteiger partial charge is 2.00 e. The first-order valence-corrected chi connectivity index (χ1v) is 6.42. The van der Waals surface area contributed by atoms with Crippen LogP contribution in [0.25, 0.3) is 27.3 Å². The van der Waals surface area contributed by atoms with Gasteiger partial charge in [-0.15, -0.1) is 29.7 Å². The Morgan fingerprint density at radius 3 is 2.76 bits per heavy atom. The van der Waals surface area contributed by atoms with Gasteiger partial charge in [0.05, 0.1) is 5.65 Å². The smallest absolute Gasteiger partial charge is 1.00 e. The van der Waals surface area contributed by atoms with E-state index in [0.29, 0.717) is 0 Å². The van der Waals surface area contributed by atoms with E-state index < -0.39 is 0 Å². The van der Waals surface area contributed by atoms with Crippen molar-refractivity contribution in [2.45, 2.75) is 13.8 Å². The molecule has 2 aromatic carbocycles. The van der Waals surface area contributed by atoms with E-state index in [1.165, 1.54) is 27.4 Å². The molecule has 0 radical (unpaired) electrons. The van der Waals surface area contributed by atoms with Crippen molar-refractivity contribution in [2.75, 3.05) is 0 Å². The second kappa shape index (κ2) is 6.10. The summed E-state index contributed by atoms with van der Waals surface area (Å²) in [6.45, 7) is 4.30. The van der Waals surface area contributed by atoms with Gasteiger partial charge in [0.1, 0.15) is 0 Å². The number of pyridine rings is 1. The number of rotatable bonds is 0. The van der Waals surface area contributed by atoms with Crippen LogP contribution in [-0.2, 0) is 0 Å². The molecule has 0 aliphatic heterocycles. The van der Waals surface area contributed by atoms with Crippen molar-refractivity contribution in [2.24, 2.45) is 0 Å². The number of aromatic nitrogens is 2. The second-order valence-corrected chi connectivity index (χ2v) is 5.06. The summed E-state index contributed by atoms with van der Waals surface area (Å²) in [5.74, 6) is 0. The third kappa shape index (κ3) is 2.43. The minimum atomic E-state index is 0. The van der Waals surface area contributed by atoms with Gasteiger partial charge in [0.25, 0.3) is 0 Å². The van der Waals surface area contributed by atoms with E-state index in [0.717, 1.165) is 11.0 Å². The molecule has 100 valence electrons. The van der Waals surface area contributed by atoms with E-state index in [1.54, 1.807) is 0 Å². The molecular weight excluding hydrogens is 383 g/mol. The fraction of sp³-hybridized carbons (Fsp3) is 0.118. The van der Waals surface area contributed by atoms with Crippen molar-refractivity contribution in [3.63, 3.8) is 0 Å². The minimum Gasteiger partial charge on any atom is -1.00 e. The molecule has 0 atom stereocenters. The molecule has 2 nitrogen and oxygen atoms in total. The Balaban J connectivity index is 0.000000807. The van der Waals surface area contributed by atoms with Gasteiger partial charge in [-0.05, 0) is 24.8 Å². The van der Waals surface area contributed by atoms with Gasteiger partial charge in [-0.2, -0.15) is 0 Å². The van der Waals surface area contributed by atoms with Crippen molar-refractivity contribution in [1.29, 1.82) is 0 Å². The fourth-order valence-electron chi connectivity index (χ4n) is 3.00. The summed E-state index contributed by atoms with van der Waals surface area (Å²) >= 11 is 0. The SMILES string of the molecule is Cc1cc(C)c2c(c1)c1ccc[c-]c1c1nccn12.[I-].[Mg+2]. The van der Waals surface area contributed by atoms with Crippen LogP contribution in [0.3, 0.4) is 0 Å². The van der Waals surface area contributed by atoms with Gasteiger partial charge in [-0.1, -0.05) is 23.1 Å². The fourth-order valence-corrected chi connectivity index (χ4v) is 3.00. The predicted octanol–water partition coefficient (Wildman–Crippen LogP) is 0.681. The van der Waals surface area contributed by atoms with Crippen molar-refractivity contribution in [1.82, 2.24) is 9.38 Å². The molecule has 0 fully saturated rings. The first kappa shape index (κ1) is 16.5. The van der Waals surface area contributed by atoms with E-state index in [9.17, 15) is 0 Å². The normalized spacial score (nSPS) is 10.6. The molecule has 2 aromatic heterocycles. The minimum absolute atomic E-state index is 0. The van der Waals surface area contributed by atoms with E-state index in [2.05, 4.69) is 47.5 Å². The van der Waals surface area contributed by atoms with Crippen molar-refractivity contribution < 1.29 is 24.0 Å². The number of fused-ring (bicyclic) bond motifs is 6. The molecule has 21 heavy (non-hydrogen) atoms. The van der Waals surface area contributed by atoms with Crippen LogP contribution >= 0.6 is 0 Å². The predicted molar refractivity (Wildman–Crippen MR) is 84.3 cm³/mol. The topological polar surface area (TPSA) is 17.3 Å². The Kier molecular flexibility index (Phi) is 4.80. The van der Waals surface area contributed by atoms with Crippen molar-refractivity contribution in [3.05, 3.63) is 59.9 Å². The molecule has 4 aromatic rings. The van der Waals surface area contributed by atoms with Crippen LogP contribution in [-0.4, -0.2) is 32.4 Å². The zero-order chi connectivity index (χ0) is 13.0. The van der Waals surface area contributed by atoms with Gasteiger partial charge in [-0.25, -0.2) is 0 Å². The molecule has 0 aliphatic rings. The zero-order valence-corrected chi connectivity index (χ0v) is 15.6. The summed E-state index contributed by atoms with van der Waals surface area (Å²) in [7, 11) is 0. The molecular formula is C17H13IMgN2. The van der Waals surface area contributed by atoms with Crippen molar-refractivity contribution >= 4 is 50.4 Å². The van der Waals surface area contributed by atoms with E-state index >= 15 is 0 Å². The Morgan fingerprint density at radius 2 is 1.95 bits per heavy atom. The van der Waals surface area contributed by atoms with Crippen molar-refractivity contribution in [3.8, 4) is 0 Å². The summed E-state index contributed by atoms with van der Waals surface area (Å²) in [6.07, 6.45) is 3.88. The van der Waals surface area contributed by atoms with E-state index in [-0.39, 0.29) is 47.0 Å². The molecule has 0 saturated carbocycles. The summed E-state index contributed by atoms with van der Waals surface area (Å²) in [5.41, 5.74) is 4.79. The van der Waals surface area contributed by atoms with E-state index in [1.807, 2.05) is 24.5 Å². The van der Waals surface area contributed by atoms with Crippen LogP contribution < -0.4 is 24.0 Å². The number of aryl methyl sites for hydroxylation is 2. The standard InChI is InChI=1S/C17H13N2.HI.Mg/c1-11-9-12(2)16-15(10-11)13-5-3-4-6-14(13)17-18-7-8-19(16)17;;/h3-5,7-10H,1-2H3;1H;/q-1;;+2/p-1. The van der Waals surface area contributed by atoms with Gasteiger partial charge in [0.15, 0.2) is 0 Å². The number of halogens is 1. The van der Waals surface area contributed by atoms with E-state index in [4.69, 9.17) is 0 Å². The molecule has 0 aliphatic carbocycles. The molecule has 2 heterocycles. The molecule has 4 heteroatoms. The van der Waals surface area contributed by atoms with Crippen LogP contribution in [0.15, 0.2) is 42.7 Å². The summed E-state index contributed by atoms with van der Waals surface area (Å²) in [5, 5.41) is 3.59. The average Bonchev–Trinajstić information content (AvgIpc) is 2.87. The zero-order valence-electron chi connectivity index (χ0n) is 12.0. The van der Waals surface area contributed by atoms with Gasteiger partial charge >= 0.3 is 23.1 Å². The molecule has 0 unspecified atom stereocenters. The number of imidazole rings is 1. The van der Waals surface area contributed by atoms with Gasteiger partial charge in [0, 0.05) is 17.9 Å². The summed E-state index contributed by atoms with van der Waals surface area (Å²) in [4.78, 5) is 4.49. The first-order chi connectivity index (χ1) is 9.25. The maximum atomic E-state index is 4.49. The van der Waals surface area contributed by atoms with Crippen LogP contribution in [0.1, 0.15) is 11.1 Å². The number of hydrogen-bond donors (Lipinski definition) is 0. The van der Waals surface area contributed by atoms with Crippen LogP contribution in [0.2, 0.25) is 0 Å². The second-order valence-electron chi connectivity index (χ2n) is 5.06. The number of benzene rings is 2. The van der Waals surface area contributed by atoms with Crippen LogP contribution in [0.5, 0.6) is 0 Å². The monoisotopic (exact) mass is 396 g/mol. The maximum absolute atomic E-state index is 4.49.